The van der Waals surface area contributed by atoms with E-state index in [2.05, 4.69) is 20.4 Å². The van der Waals surface area contributed by atoms with Gasteiger partial charge in [0.25, 0.3) is 0 Å². The molecule has 0 bridgehead atoms. The second-order valence-electron chi connectivity index (χ2n) is 3.97. The van der Waals surface area contributed by atoms with Gasteiger partial charge in [-0.25, -0.2) is 4.79 Å². The van der Waals surface area contributed by atoms with Gasteiger partial charge in [-0.1, -0.05) is 46.6 Å². The lowest BCUT2D eigenvalue weighted by atomic mass is 10.0. The summed E-state index contributed by atoms with van der Waals surface area (Å²) < 4.78 is 5.21. The molecule has 0 aromatic carbocycles. The predicted octanol–water partition coefficient (Wildman–Crippen LogP) is 3.71. The first-order valence-electron chi connectivity index (χ1n) is 6.00. The molecule has 0 saturated carbocycles. The molecule has 15 heavy (non-hydrogen) atoms. The first kappa shape index (κ1) is 14.2. The average molecular weight is 212 g/mol. The van der Waals surface area contributed by atoms with Gasteiger partial charge in [-0.05, 0) is 18.8 Å². The van der Waals surface area contributed by atoms with Gasteiger partial charge in [0.05, 0.1) is 6.61 Å². The largest absolute Gasteiger partial charge is 0.462 e. The van der Waals surface area contributed by atoms with Crippen LogP contribution in [-0.2, 0) is 9.53 Å². The highest BCUT2D eigenvalue weighted by Gasteiger charge is 2.11. The molecule has 0 N–H and O–H groups in total. The SMILES string of the molecule is C=C(CC)C(=O)OCC(CC)CCCC. The van der Waals surface area contributed by atoms with Crippen LogP contribution in [0.2, 0.25) is 0 Å². The van der Waals surface area contributed by atoms with Crippen molar-refractivity contribution in [3.63, 3.8) is 0 Å². The van der Waals surface area contributed by atoms with Gasteiger partial charge in [-0.3, -0.25) is 0 Å². The van der Waals surface area contributed by atoms with Gasteiger partial charge in [-0.2, -0.15) is 0 Å². The summed E-state index contributed by atoms with van der Waals surface area (Å²) in [5, 5.41) is 0. The third-order valence-corrected chi connectivity index (χ3v) is 2.71. The fourth-order valence-electron chi connectivity index (χ4n) is 1.34. The molecule has 0 aliphatic heterocycles. The molecule has 0 saturated heterocycles. The topological polar surface area (TPSA) is 26.3 Å². The number of hydrogen-bond donors (Lipinski definition) is 0. The molecular formula is C13H24O2. The van der Waals surface area contributed by atoms with Gasteiger partial charge in [0.15, 0.2) is 0 Å². The van der Waals surface area contributed by atoms with Gasteiger partial charge in [-0.15, -0.1) is 0 Å². The van der Waals surface area contributed by atoms with E-state index in [9.17, 15) is 4.79 Å². The fourth-order valence-corrected chi connectivity index (χ4v) is 1.34. The van der Waals surface area contributed by atoms with E-state index in [1.54, 1.807) is 0 Å². The van der Waals surface area contributed by atoms with Gasteiger partial charge in [0.1, 0.15) is 0 Å². The highest BCUT2D eigenvalue weighted by molar-refractivity contribution is 5.87. The van der Waals surface area contributed by atoms with Crippen LogP contribution in [0, 0.1) is 5.92 Å². The van der Waals surface area contributed by atoms with Crippen molar-refractivity contribution in [2.24, 2.45) is 5.92 Å². The zero-order valence-corrected chi connectivity index (χ0v) is 10.3. The van der Waals surface area contributed by atoms with E-state index in [0.717, 1.165) is 12.8 Å². The van der Waals surface area contributed by atoms with Crippen molar-refractivity contribution in [3.05, 3.63) is 12.2 Å². The summed E-state index contributed by atoms with van der Waals surface area (Å²) in [5.74, 6) is 0.283. The molecule has 0 fully saturated rings. The Morgan fingerprint density at radius 2 is 2.00 bits per heavy atom. The number of rotatable bonds is 8. The third-order valence-electron chi connectivity index (χ3n) is 2.71. The summed E-state index contributed by atoms with van der Waals surface area (Å²) in [4.78, 5) is 11.3. The van der Waals surface area contributed by atoms with Crippen LogP contribution in [0.15, 0.2) is 12.2 Å². The number of carbonyl (C=O) groups is 1. The summed E-state index contributed by atoms with van der Waals surface area (Å²) >= 11 is 0. The monoisotopic (exact) mass is 212 g/mol. The molecule has 2 heteroatoms. The van der Waals surface area contributed by atoms with Crippen molar-refractivity contribution in [2.75, 3.05) is 6.61 Å². The van der Waals surface area contributed by atoms with Crippen molar-refractivity contribution >= 4 is 5.97 Å². The normalized spacial score (nSPS) is 12.2. The van der Waals surface area contributed by atoms with Gasteiger partial charge >= 0.3 is 5.97 Å². The minimum absolute atomic E-state index is 0.229. The lowest BCUT2D eigenvalue weighted by Gasteiger charge is -2.14. The molecule has 1 unspecified atom stereocenters. The van der Waals surface area contributed by atoms with Crippen molar-refractivity contribution in [1.29, 1.82) is 0 Å². The van der Waals surface area contributed by atoms with E-state index in [1.165, 1.54) is 12.8 Å². The van der Waals surface area contributed by atoms with Crippen LogP contribution in [0.3, 0.4) is 0 Å². The summed E-state index contributed by atoms with van der Waals surface area (Å²) in [6.07, 6.45) is 5.31. The first-order valence-corrected chi connectivity index (χ1v) is 6.00. The molecule has 2 nitrogen and oxygen atoms in total. The number of carbonyl (C=O) groups excluding carboxylic acids is 1. The molecule has 88 valence electrons. The molecule has 0 aromatic rings. The van der Waals surface area contributed by atoms with Crippen LogP contribution in [-0.4, -0.2) is 12.6 Å². The summed E-state index contributed by atoms with van der Waals surface area (Å²) in [6, 6.07) is 0. The van der Waals surface area contributed by atoms with E-state index in [1.807, 2.05) is 6.92 Å². The maximum Gasteiger partial charge on any atom is 0.333 e. The number of esters is 1. The minimum Gasteiger partial charge on any atom is -0.462 e. The molecule has 0 amide bonds. The van der Waals surface area contributed by atoms with Crippen molar-refractivity contribution in [2.45, 2.75) is 52.9 Å². The van der Waals surface area contributed by atoms with Crippen LogP contribution >= 0.6 is 0 Å². The number of ether oxygens (including phenoxy) is 1. The molecule has 0 aliphatic carbocycles. The lowest BCUT2D eigenvalue weighted by molar-refractivity contribution is -0.140. The molecule has 0 heterocycles. The second-order valence-corrected chi connectivity index (χ2v) is 3.97. The lowest BCUT2D eigenvalue weighted by Crippen LogP contribution is -2.14. The number of unbranched alkanes of at least 4 members (excludes halogenated alkanes) is 1. The standard InChI is InChI=1S/C13H24O2/c1-5-8-9-12(7-3)10-15-13(14)11(4)6-2/h12H,4-10H2,1-3H3. The Labute approximate surface area is 93.7 Å². The molecule has 0 spiro atoms. The Hall–Kier alpha value is -0.790. The van der Waals surface area contributed by atoms with Gasteiger partial charge in [0.2, 0.25) is 0 Å². The Kier molecular flexibility index (Phi) is 8.06. The predicted molar refractivity (Wildman–Crippen MR) is 63.7 cm³/mol. The highest BCUT2D eigenvalue weighted by atomic mass is 16.5. The van der Waals surface area contributed by atoms with E-state index < -0.39 is 0 Å². The molecule has 0 rings (SSSR count). The smallest absolute Gasteiger partial charge is 0.333 e. The maximum absolute atomic E-state index is 11.3. The summed E-state index contributed by atoms with van der Waals surface area (Å²) in [7, 11) is 0. The maximum atomic E-state index is 11.3. The third kappa shape index (κ3) is 6.32. The molecule has 1 atom stereocenters. The van der Waals surface area contributed by atoms with Crippen molar-refractivity contribution in [1.82, 2.24) is 0 Å². The zero-order chi connectivity index (χ0) is 11.7. The average Bonchev–Trinajstić information content (AvgIpc) is 2.27. The van der Waals surface area contributed by atoms with E-state index >= 15 is 0 Å². The van der Waals surface area contributed by atoms with Crippen molar-refractivity contribution in [3.8, 4) is 0 Å². The quantitative estimate of drug-likeness (QED) is 0.453. The zero-order valence-electron chi connectivity index (χ0n) is 10.3. The first-order chi connectivity index (χ1) is 7.15. The van der Waals surface area contributed by atoms with Crippen molar-refractivity contribution < 1.29 is 9.53 Å². The molecular weight excluding hydrogens is 188 g/mol. The van der Waals surface area contributed by atoms with Crippen LogP contribution in [0.4, 0.5) is 0 Å². The van der Waals surface area contributed by atoms with E-state index in [4.69, 9.17) is 4.74 Å². The molecule has 0 radical (unpaired) electrons. The fraction of sp³-hybridized carbons (Fsp3) is 0.769. The Morgan fingerprint density at radius 3 is 2.47 bits per heavy atom. The highest BCUT2D eigenvalue weighted by Crippen LogP contribution is 2.13. The Morgan fingerprint density at radius 1 is 1.33 bits per heavy atom. The van der Waals surface area contributed by atoms with E-state index in [-0.39, 0.29) is 5.97 Å². The van der Waals surface area contributed by atoms with Crippen LogP contribution in [0.1, 0.15) is 52.9 Å². The van der Waals surface area contributed by atoms with Gasteiger partial charge < -0.3 is 4.74 Å². The Bertz CT molecular complexity index is 197. The van der Waals surface area contributed by atoms with Crippen LogP contribution < -0.4 is 0 Å². The van der Waals surface area contributed by atoms with Crippen LogP contribution in [0.25, 0.3) is 0 Å². The number of hydrogen-bond acceptors (Lipinski definition) is 2. The van der Waals surface area contributed by atoms with Gasteiger partial charge in [0, 0.05) is 5.57 Å². The van der Waals surface area contributed by atoms with E-state index in [0.29, 0.717) is 24.5 Å². The minimum atomic E-state index is -0.229. The Balaban J connectivity index is 3.79. The summed E-state index contributed by atoms with van der Waals surface area (Å²) in [5.41, 5.74) is 0.570. The van der Waals surface area contributed by atoms with Crippen LogP contribution in [0.5, 0.6) is 0 Å². The molecule has 0 aliphatic rings. The second kappa shape index (κ2) is 8.51. The summed E-state index contributed by atoms with van der Waals surface area (Å²) in [6.45, 7) is 10.4. The molecule has 0 aromatic heterocycles.